The van der Waals surface area contributed by atoms with Gasteiger partial charge in [-0.3, -0.25) is 9.48 Å². The van der Waals surface area contributed by atoms with Crippen LogP contribution < -0.4 is 0 Å². The maximum Gasteiger partial charge on any atom is 0.181 e. The topological polar surface area (TPSA) is 47.8 Å². The predicted octanol–water partition coefficient (Wildman–Crippen LogP) is 1.43. The number of carbonyl (C=O) groups is 1. The second-order valence-corrected chi connectivity index (χ2v) is 3.10. The summed E-state index contributed by atoms with van der Waals surface area (Å²) in [4.78, 5) is 14.4. The number of aryl methyl sites for hydroxylation is 1. The third kappa shape index (κ3) is 1.76. The molecule has 1 aromatic heterocycles. The van der Waals surface area contributed by atoms with Gasteiger partial charge in [0, 0.05) is 12.6 Å². The molecule has 0 unspecified atom stereocenters. The molecule has 0 fully saturated rings. The molecule has 0 spiro atoms. The summed E-state index contributed by atoms with van der Waals surface area (Å²) >= 11 is 0. The first-order valence-electron chi connectivity index (χ1n) is 4.31. The van der Waals surface area contributed by atoms with Crippen LogP contribution in [0.4, 0.5) is 4.39 Å². The van der Waals surface area contributed by atoms with Gasteiger partial charge in [0.15, 0.2) is 12.1 Å². The number of carbonyl (C=O) groups excluding carboxylic acids is 1. The van der Waals surface area contributed by atoms with Crippen LogP contribution in [0.1, 0.15) is 10.4 Å². The second-order valence-electron chi connectivity index (χ2n) is 3.10. The lowest BCUT2D eigenvalue weighted by Crippen LogP contribution is -1.91. The lowest BCUT2D eigenvalue weighted by Gasteiger charge is -1.97. The maximum absolute atomic E-state index is 13.2. The summed E-state index contributed by atoms with van der Waals surface area (Å²) in [5.41, 5.74) is 0.591. The van der Waals surface area contributed by atoms with E-state index in [1.165, 1.54) is 23.1 Å². The predicted molar refractivity (Wildman–Crippen MR) is 51.8 cm³/mol. The van der Waals surface area contributed by atoms with Crippen molar-refractivity contribution in [1.29, 1.82) is 0 Å². The van der Waals surface area contributed by atoms with Crippen LogP contribution in [0.2, 0.25) is 0 Å². The highest BCUT2D eigenvalue weighted by atomic mass is 19.1. The quantitative estimate of drug-likeness (QED) is 0.697. The Morgan fingerprint density at radius 3 is 2.80 bits per heavy atom. The Kier molecular flexibility index (Phi) is 2.29. The lowest BCUT2D eigenvalue weighted by molar-refractivity contribution is 0.112. The van der Waals surface area contributed by atoms with Crippen LogP contribution in [0.15, 0.2) is 24.5 Å². The van der Waals surface area contributed by atoms with Gasteiger partial charge >= 0.3 is 0 Å². The molecule has 76 valence electrons. The smallest absolute Gasteiger partial charge is 0.181 e. The molecule has 1 heterocycles. The van der Waals surface area contributed by atoms with Gasteiger partial charge in [0.1, 0.15) is 12.1 Å². The van der Waals surface area contributed by atoms with Crippen LogP contribution in [0.3, 0.4) is 0 Å². The molecule has 5 heteroatoms. The molecule has 0 aliphatic heterocycles. The summed E-state index contributed by atoms with van der Waals surface area (Å²) in [6, 6.07) is 4.27. The Hall–Kier alpha value is -2.04. The first-order valence-corrected chi connectivity index (χ1v) is 4.31. The SMILES string of the molecule is Cn1cnc(-c2ccc(C=O)c(F)c2)n1. The van der Waals surface area contributed by atoms with Crippen molar-refractivity contribution < 1.29 is 9.18 Å². The minimum absolute atomic E-state index is 0.0367. The molecule has 0 bridgehead atoms. The average molecular weight is 205 g/mol. The third-order valence-corrected chi connectivity index (χ3v) is 1.99. The maximum atomic E-state index is 13.2. The van der Waals surface area contributed by atoms with Crippen molar-refractivity contribution >= 4 is 6.29 Å². The van der Waals surface area contributed by atoms with E-state index in [1.807, 2.05) is 0 Å². The van der Waals surface area contributed by atoms with Gasteiger partial charge in [0.2, 0.25) is 0 Å². The van der Waals surface area contributed by atoms with Gasteiger partial charge in [-0.25, -0.2) is 9.37 Å². The average Bonchev–Trinajstić information content (AvgIpc) is 2.65. The van der Waals surface area contributed by atoms with Gasteiger partial charge in [0.25, 0.3) is 0 Å². The van der Waals surface area contributed by atoms with Crippen molar-refractivity contribution in [2.24, 2.45) is 7.05 Å². The number of rotatable bonds is 2. The molecule has 2 aromatic rings. The molecule has 4 nitrogen and oxygen atoms in total. The fourth-order valence-electron chi connectivity index (χ4n) is 1.23. The first-order chi connectivity index (χ1) is 7.20. The monoisotopic (exact) mass is 205 g/mol. The van der Waals surface area contributed by atoms with E-state index in [0.29, 0.717) is 17.7 Å². The van der Waals surface area contributed by atoms with Gasteiger partial charge in [-0.1, -0.05) is 6.07 Å². The fourth-order valence-corrected chi connectivity index (χ4v) is 1.23. The van der Waals surface area contributed by atoms with E-state index < -0.39 is 5.82 Å². The number of benzene rings is 1. The summed E-state index contributed by atoms with van der Waals surface area (Å²) in [7, 11) is 1.73. The van der Waals surface area contributed by atoms with E-state index in [0.717, 1.165) is 0 Å². The Morgan fingerprint density at radius 2 is 2.27 bits per heavy atom. The molecule has 1 aromatic carbocycles. The van der Waals surface area contributed by atoms with Crippen LogP contribution >= 0.6 is 0 Å². The van der Waals surface area contributed by atoms with E-state index in [2.05, 4.69) is 10.1 Å². The number of hydrogen-bond donors (Lipinski definition) is 0. The highest BCUT2D eigenvalue weighted by Crippen LogP contribution is 2.17. The molecule has 15 heavy (non-hydrogen) atoms. The van der Waals surface area contributed by atoms with Gasteiger partial charge in [-0.15, -0.1) is 0 Å². The second kappa shape index (κ2) is 3.61. The van der Waals surface area contributed by atoms with Crippen molar-refractivity contribution in [2.75, 3.05) is 0 Å². The zero-order chi connectivity index (χ0) is 10.8. The van der Waals surface area contributed by atoms with Crippen molar-refractivity contribution in [1.82, 2.24) is 14.8 Å². The zero-order valence-corrected chi connectivity index (χ0v) is 8.01. The molecule has 0 aliphatic carbocycles. The van der Waals surface area contributed by atoms with E-state index in [-0.39, 0.29) is 5.56 Å². The Morgan fingerprint density at radius 1 is 1.47 bits per heavy atom. The molecule has 0 saturated heterocycles. The molecular formula is C10H8FN3O. The van der Waals surface area contributed by atoms with Gasteiger partial charge < -0.3 is 0 Å². The summed E-state index contributed by atoms with van der Waals surface area (Å²) in [6.07, 6.45) is 2.01. The van der Waals surface area contributed by atoms with Crippen LogP contribution in [0.5, 0.6) is 0 Å². The van der Waals surface area contributed by atoms with E-state index in [9.17, 15) is 9.18 Å². The van der Waals surface area contributed by atoms with Gasteiger partial charge in [-0.05, 0) is 12.1 Å². The summed E-state index contributed by atoms with van der Waals surface area (Å²) in [6.45, 7) is 0. The Balaban J connectivity index is 2.46. The lowest BCUT2D eigenvalue weighted by atomic mass is 10.1. The van der Waals surface area contributed by atoms with E-state index >= 15 is 0 Å². The van der Waals surface area contributed by atoms with Crippen molar-refractivity contribution in [3.8, 4) is 11.4 Å². The van der Waals surface area contributed by atoms with E-state index in [1.54, 1.807) is 13.1 Å². The molecule has 0 amide bonds. The largest absolute Gasteiger partial charge is 0.298 e. The molecule has 0 radical (unpaired) electrons. The van der Waals surface area contributed by atoms with Crippen molar-refractivity contribution in [3.63, 3.8) is 0 Å². The number of hydrogen-bond acceptors (Lipinski definition) is 3. The molecule has 0 N–H and O–H groups in total. The number of aldehydes is 1. The number of aromatic nitrogens is 3. The first kappa shape index (κ1) is 9.51. The number of nitrogens with zero attached hydrogens (tertiary/aromatic N) is 3. The summed E-state index contributed by atoms with van der Waals surface area (Å²) in [5, 5.41) is 4.03. The normalized spacial score (nSPS) is 10.3. The van der Waals surface area contributed by atoms with Gasteiger partial charge in [-0.2, -0.15) is 5.10 Å². The minimum atomic E-state index is -0.560. The molecular weight excluding hydrogens is 197 g/mol. The third-order valence-electron chi connectivity index (χ3n) is 1.99. The van der Waals surface area contributed by atoms with Gasteiger partial charge in [0.05, 0.1) is 5.56 Å². The summed E-state index contributed by atoms with van der Waals surface area (Å²) in [5.74, 6) is -0.121. The van der Waals surface area contributed by atoms with Crippen molar-refractivity contribution in [2.45, 2.75) is 0 Å². The van der Waals surface area contributed by atoms with Crippen LogP contribution in [-0.4, -0.2) is 21.1 Å². The number of halogens is 1. The standard InChI is InChI=1S/C10H8FN3O/c1-14-6-12-10(13-14)7-2-3-8(5-15)9(11)4-7/h2-6H,1H3. The zero-order valence-electron chi connectivity index (χ0n) is 8.01. The summed E-state index contributed by atoms with van der Waals surface area (Å²) < 4.78 is 14.8. The van der Waals surface area contributed by atoms with Crippen molar-refractivity contribution in [3.05, 3.63) is 35.9 Å². The highest BCUT2D eigenvalue weighted by molar-refractivity contribution is 5.76. The van der Waals surface area contributed by atoms with Crippen LogP contribution in [0.25, 0.3) is 11.4 Å². The fraction of sp³-hybridized carbons (Fsp3) is 0.100. The van der Waals surface area contributed by atoms with Crippen LogP contribution in [-0.2, 0) is 7.05 Å². The van der Waals surface area contributed by atoms with Crippen LogP contribution in [0, 0.1) is 5.82 Å². The Labute approximate surface area is 85.4 Å². The minimum Gasteiger partial charge on any atom is -0.298 e. The van der Waals surface area contributed by atoms with E-state index in [4.69, 9.17) is 0 Å². The molecule has 0 atom stereocenters. The Bertz CT molecular complexity index is 507. The molecule has 2 rings (SSSR count). The highest BCUT2D eigenvalue weighted by Gasteiger charge is 2.07. The molecule has 0 aliphatic rings. The molecule has 0 saturated carbocycles.